The van der Waals surface area contributed by atoms with Crippen LogP contribution in [0.5, 0.6) is 0 Å². The molecule has 0 bridgehead atoms. The average Bonchev–Trinajstić information content (AvgIpc) is 2.27. The van der Waals surface area contributed by atoms with E-state index in [0.29, 0.717) is 0 Å². The number of alkyl halides is 3. The van der Waals surface area contributed by atoms with Gasteiger partial charge in [0.1, 0.15) is 0 Å². The number of guanidine groups is 1. The number of nitrogens with two attached hydrogens (primary N) is 2. The molecule has 18 heavy (non-hydrogen) atoms. The van der Waals surface area contributed by atoms with E-state index in [0.717, 1.165) is 23.9 Å². The van der Waals surface area contributed by atoms with E-state index in [1.807, 2.05) is 0 Å². The van der Waals surface area contributed by atoms with Crippen molar-refractivity contribution in [3.8, 4) is 0 Å². The van der Waals surface area contributed by atoms with Crippen molar-refractivity contribution < 1.29 is 13.2 Å². The highest BCUT2D eigenvalue weighted by atomic mass is 32.2. The quantitative estimate of drug-likeness (QED) is 0.610. The van der Waals surface area contributed by atoms with Gasteiger partial charge in [0.15, 0.2) is 5.17 Å². The van der Waals surface area contributed by atoms with E-state index >= 15 is 0 Å². The Morgan fingerprint density at radius 2 is 1.94 bits per heavy atom. The van der Waals surface area contributed by atoms with E-state index in [1.165, 1.54) is 12.1 Å². The van der Waals surface area contributed by atoms with Crippen LogP contribution in [0.3, 0.4) is 0 Å². The lowest BCUT2D eigenvalue weighted by molar-refractivity contribution is -0.137. The number of hydrogen-bond acceptors (Lipinski definition) is 2. The molecule has 8 heteroatoms. The Morgan fingerprint density at radius 3 is 2.50 bits per heavy atom. The largest absolute Gasteiger partial charge is 0.416 e. The van der Waals surface area contributed by atoms with Crippen molar-refractivity contribution in [2.75, 3.05) is 6.26 Å². The molecule has 0 aliphatic rings. The molecule has 0 spiro atoms. The molecule has 0 heterocycles. The molecular formula is C10H11F3N4S. The minimum absolute atomic E-state index is 0.0694. The van der Waals surface area contributed by atoms with Crippen LogP contribution in [0.2, 0.25) is 0 Å². The first-order chi connectivity index (χ1) is 8.32. The molecule has 0 fully saturated rings. The van der Waals surface area contributed by atoms with Gasteiger partial charge in [0.25, 0.3) is 0 Å². The first-order valence-corrected chi connectivity index (χ1v) is 5.95. The number of rotatable bonds is 1. The molecule has 1 rings (SSSR count). The van der Waals surface area contributed by atoms with Crippen molar-refractivity contribution in [2.24, 2.45) is 21.5 Å². The lowest BCUT2D eigenvalue weighted by atomic mass is 10.2. The molecule has 4 N–H and O–H groups in total. The summed E-state index contributed by atoms with van der Waals surface area (Å²) in [5.41, 5.74) is 10.1. The molecule has 1 aromatic carbocycles. The van der Waals surface area contributed by atoms with Gasteiger partial charge in [0.2, 0.25) is 5.96 Å². The van der Waals surface area contributed by atoms with E-state index in [1.54, 1.807) is 6.26 Å². The van der Waals surface area contributed by atoms with Gasteiger partial charge >= 0.3 is 6.18 Å². The zero-order valence-electron chi connectivity index (χ0n) is 9.40. The Morgan fingerprint density at radius 1 is 1.28 bits per heavy atom. The van der Waals surface area contributed by atoms with Gasteiger partial charge in [-0.05, 0) is 24.5 Å². The van der Waals surface area contributed by atoms with Crippen molar-refractivity contribution in [1.29, 1.82) is 0 Å². The third-order valence-electron chi connectivity index (χ3n) is 1.85. The van der Waals surface area contributed by atoms with Crippen LogP contribution in [0.1, 0.15) is 5.56 Å². The van der Waals surface area contributed by atoms with Crippen molar-refractivity contribution in [3.63, 3.8) is 0 Å². The van der Waals surface area contributed by atoms with Gasteiger partial charge < -0.3 is 11.5 Å². The fourth-order valence-corrected chi connectivity index (χ4v) is 1.25. The second-order valence-electron chi connectivity index (χ2n) is 3.17. The van der Waals surface area contributed by atoms with Gasteiger partial charge in [-0.25, -0.2) is 4.99 Å². The third kappa shape index (κ3) is 4.28. The molecule has 1 aromatic rings. The molecule has 0 aliphatic carbocycles. The van der Waals surface area contributed by atoms with Crippen LogP contribution in [0, 0.1) is 0 Å². The molecule has 0 aromatic heterocycles. The number of benzene rings is 1. The first-order valence-electron chi connectivity index (χ1n) is 4.72. The lowest BCUT2D eigenvalue weighted by Crippen LogP contribution is -2.15. The number of nitrogens with zero attached hydrogens (tertiary/aromatic N) is 2. The second-order valence-corrected chi connectivity index (χ2v) is 4.00. The number of aliphatic imine (C=N–C) groups is 2. The highest BCUT2D eigenvalue weighted by Crippen LogP contribution is 2.31. The van der Waals surface area contributed by atoms with Crippen molar-refractivity contribution >= 4 is 28.6 Å². The summed E-state index contributed by atoms with van der Waals surface area (Å²) in [4.78, 5) is 7.42. The average molecular weight is 276 g/mol. The number of halogens is 3. The van der Waals surface area contributed by atoms with Gasteiger partial charge in [-0.3, -0.25) is 0 Å². The Kier molecular flexibility index (Phi) is 4.60. The van der Waals surface area contributed by atoms with Crippen molar-refractivity contribution in [1.82, 2.24) is 0 Å². The summed E-state index contributed by atoms with van der Waals surface area (Å²) in [5, 5.41) is 0.184. The Balaban J connectivity index is 3.02. The summed E-state index contributed by atoms with van der Waals surface area (Å²) in [6.45, 7) is 0. The van der Waals surface area contributed by atoms with Crippen LogP contribution in [0.25, 0.3) is 0 Å². The standard InChI is InChI=1S/C10H11F3N4S/c1-18-9(15)17-8(14)16-7-4-2-3-6(5-7)10(11,12)13/h2-5H,1H3,(H4,14,15,16,17). The lowest BCUT2D eigenvalue weighted by Gasteiger charge is -2.06. The van der Waals surface area contributed by atoms with Gasteiger partial charge in [0.05, 0.1) is 11.3 Å². The molecule has 4 nitrogen and oxygen atoms in total. The van der Waals surface area contributed by atoms with Gasteiger partial charge in [-0.2, -0.15) is 18.2 Å². The van der Waals surface area contributed by atoms with E-state index < -0.39 is 11.7 Å². The van der Waals surface area contributed by atoms with Crippen LogP contribution in [-0.4, -0.2) is 17.4 Å². The summed E-state index contributed by atoms with van der Waals surface area (Å²) in [7, 11) is 0. The summed E-state index contributed by atoms with van der Waals surface area (Å²) < 4.78 is 37.3. The van der Waals surface area contributed by atoms with Crippen molar-refractivity contribution in [3.05, 3.63) is 29.8 Å². The minimum atomic E-state index is -4.41. The Labute approximate surface area is 106 Å². The Bertz CT molecular complexity index is 482. The van der Waals surface area contributed by atoms with Gasteiger partial charge in [0, 0.05) is 0 Å². The highest BCUT2D eigenvalue weighted by Gasteiger charge is 2.30. The number of amidine groups is 1. The molecule has 98 valence electrons. The van der Waals surface area contributed by atoms with E-state index in [2.05, 4.69) is 9.98 Å². The second kappa shape index (κ2) is 5.76. The summed E-state index contributed by atoms with van der Waals surface area (Å²) in [5.74, 6) is -0.193. The number of hydrogen-bond donors (Lipinski definition) is 2. The zero-order valence-corrected chi connectivity index (χ0v) is 10.2. The molecule has 0 aliphatic heterocycles. The summed E-state index contributed by atoms with van der Waals surface area (Å²) in [6.07, 6.45) is -2.72. The SMILES string of the molecule is CS/C(N)=N\C(N)=Nc1cccc(C(F)(F)F)c1. The van der Waals surface area contributed by atoms with Crippen LogP contribution in [-0.2, 0) is 6.18 Å². The minimum Gasteiger partial charge on any atom is -0.378 e. The maximum absolute atomic E-state index is 12.4. The van der Waals surface area contributed by atoms with Crippen molar-refractivity contribution in [2.45, 2.75) is 6.18 Å². The normalized spacial score (nSPS) is 13.8. The molecular weight excluding hydrogens is 265 g/mol. The molecule has 0 radical (unpaired) electrons. The Hall–Kier alpha value is -1.70. The van der Waals surface area contributed by atoms with Crippen LogP contribution in [0.4, 0.5) is 18.9 Å². The van der Waals surface area contributed by atoms with E-state index in [4.69, 9.17) is 11.5 Å². The molecule has 0 saturated heterocycles. The van der Waals surface area contributed by atoms with Crippen LogP contribution < -0.4 is 11.5 Å². The maximum Gasteiger partial charge on any atom is 0.416 e. The summed E-state index contributed by atoms with van der Waals surface area (Å²) in [6, 6.07) is 4.48. The molecule has 0 saturated carbocycles. The fourth-order valence-electron chi connectivity index (χ4n) is 1.07. The van der Waals surface area contributed by atoms with E-state index in [-0.39, 0.29) is 16.8 Å². The zero-order chi connectivity index (χ0) is 13.8. The van der Waals surface area contributed by atoms with Gasteiger partial charge in [-0.15, -0.1) is 0 Å². The monoisotopic (exact) mass is 276 g/mol. The molecule has 0 unspecified atom stereocenters. The molecule has 0 atom stereocenters. The topological polar surface area (TPSA) is 76.8 Å². The fraction of sp³-hybridized carbons (Fsp3) is 0.200. The predicted octanol–water partition coefficient (Wildman–Crippen LogP) is 2.33. The predicted molar refractivity (Wildman–Crippen MR) is 67.9 cm³/mol. The van der Waals surface area contributed by atoms with Crippen LogP contribution in [0.15, 0.2) is 34.3 Å². The molecule has 0 amide bonds. The first kappa shape index (κ1) is 14.4. The maximum atomic E-state index is 12.4. The smallest absolute Gasteiger partial charge is 0.378 e. The highest BCUT2D eigenvalue weighted by molar-refractivity contribution is 8.13. The van der Waals surface area contributed by atoms with E-state index in [9.17, 15) is 13.2 Å². The third-order valence-corrected chi connectivity index (χ3v) is 2.36. The van der Waals surface area contributed by atoms with Crippen LogP contribution >= 0.6 is 11.8 Å². The number of thioether (sulfide) groups is 1. The van der Waals surface area contributed by atoms with Gasteiger partial charge in [-0.1, -0.05) is 17.8 Å². The summed E-state index contributed by atoms with van der Waals surface area (Å²) >= 11 is 1.16.